The van der Waals surface area contributed by atoms with Crippen molar-refractivity contribution in [2.45, 2.75) is 11.9 Å². The van der Waals surface area contributed by atoms with E-state index in [9.17, 15) is 10.1 Å². The maximum atomic E-state index is 9.36. The highest BCUT2D eigenvalue weighted by Gasteiger charge is 1.97. The molecule has 4 nitrogen and oxygen atoms in total. The minimum Gasteiger partial charge on any atom is -0.299 e. The SMILES string of the molecule is CC(Br)O[N+](=O)[O-]. The van der Waals surface area contributed by atoms with Gasteiger partial charge in [0.05, 0.1) is 0 Å². The van der Waals surface area contributed by atoms with E-state index in [2.05, 4.69) is 20.8 Å². The monoisotopic (exact) mass is 169 g/mol. The van der Waals surface area contributed by atoms with Gasteiger partial charge >= 0.3 is 0 Å². The van der Waals surface area contributed by atoms with Crippen LogP contribution in [-0.4, -0.2) is 10.1 Å². The van der Waals surface area contributed by atoms with Crippen molar-refractivity contribution in [2.75, 3.05) is 0 Å². The second-order valence-corrected chi connectivity index (χ2v) is 2.16. The molecular formula is C2H4BrNO3. The summed E-state index contributed by atoms with van der Waals surface area (Å²) in [5.41, 5.74) is 0. The van der Waals surface area contributed by atoms with Gasteiger partial charge in [-0.25, -0.2) is 0 Å². The van der Waals surface area contributed by atoms with E-state index >= 15 is 0 Å². The summed E-state index contributed by atoms with van der Waals surface area (Å²) in [6, 6.07) is 0. The van der Waals surface area contributed by atoms with Gasteiger partial charge in [0.25, 0.3) is 5.09 Å². The Morgan fingerprint density at radius 1 is 2.00 bits per heavy atom. The van der Waals surface area contributed by atoms with Crippen LogP contribution in [0.1, 0.15) is 6.92 Å². The van der Waals surface area contributed by atoms with E-state index in [4.69, 9.17) is 0 Å². The van der Waals surface area contributed by atoms with Gasteiger partial charge in [-0.1, -0.05) is 15.9 Å². The quantitative estimate of drug-likeness (QED) is 0.352. The lowest BCUT2D eigenvalue weighted by Crippen LogP contribution is -2.05. The first kappa shape index (κ1) is 6.68. The van der Waals surface area contributed by atoms with Crippen molar-refractivity contribution >= 4 is 15.9 Å². The zero-order chi connectivity index (χ0) is 5.86. The minimum atomic E-state index is -0.848. The molecule has 0 aliphatic heterocycles. The highest BCUT2D eigenvalue weighted by atomic mass is 79.9. The molecule has 0 spiro atoms. The maximum absolute atomic E-state index is 9.36. The molecule has 0 amide bonds. The van der Waals surface area contributed by atoms with Crippen molar-refractivity contribution in [1.82, 2.24) is 0 Å². The zero-order valence-electron chi connectivity index (χ0n) is 3.63. The predicted octanol–water partition coefficient (Wildman–Crippen LogP) is 0.936. The average Bonchev–Trinajstić information content (AvgIpc) is 1.27. The Morgan fingerprint density at radius 3 is 2.43 bits per heavy atom. The van der Waals surface area contributed by atoms with Crippen molar-refractivity contribution < 1.29 is 9.92 Å². The fraction of sp³-hybridized carbons (Fsp3) is 1.00. The number of rotatable bonds is 2. The Balaban J connectivity index is 3.13. The van der Waals surface area contributed by atoms with Crippen molar-refractivity contribution in [3.8, 4) is 0 Å². The molecule has 1 atom stereocenters. The minimum absolute atomic E-state index is 0.512. The summed E-state index contributed by atoms with van der Waals surface area (Å²) in [6.07, 6.45) is 0. The van der Waals surface area contributed by atoms with Gasteiger partial charge in [0.1, 0.15) is 0 Å². The topological polar surface area (TPSA) is 52.4 Å². The summed E-state index contributed by atoms with van der Waals surface area (Å²) in [5.74, 6) is 0. The third-order valence-electron chi connectivity index (χ3n) is 0.231. The van der Waals surface area contributed by atoms with E-state index in [1.807, 2.05) is 0 Å². The summed E-state index contributed by atoms with van der Waals surface area (Å²) in [4.78, 5) is 13.3. The van der Waals surface area contributed by atoms with Gasteiger partial charge in [-0.3, -0.25) is 4.84 Å². The first-order valence-electron chi connectivity index (χ1n) is 1.58. The smallest absolute Gasteiger partial charge is 0.295 e. The van der Waals surface area contributed by atoms with Gasteiger partial charge < -0.3 is 0 Å². The predicted molar refractivity (Wildman–Crippen MR) is 26.5 cm³/mol. The molecule has 42 valence electrons. The van der Waals surface area contributed by atoms with E-state index in [0.29, 0.717) is 0 Å². The van der Waals surface area contributed by atoms with Crippen LogP contribution in [0.2, 0.25) is 0 Å². The van der Waals surface area contributed by atoms with Gasteiger partial charge in [0.15, 0.2) is 5.01 Å². The van der Waals surface area contributed by atoms with Crippen LogP contribution >= 0.6 is 15.9 Å². The molecule has 0 aliphatic carbocycles. The fourth-order valence-electron chi connectivity index (χ4n) is 0.119. The summed E-state index contributed by atoms with van der Waals surface area (Å²) in [7, 11) is 0. The van der Waals surface area contributed by atoms with Crippen LogP contribution in [0.4, 0.5) is 0 Å². The summed E-state index contributed by atoms with van der Waals surface area (Å²) in [5, 5.41) is 8.00. The molecule has 0 rings (SSSR count). The summed E-state index contributed by atoms with van der Waals surface area (Å²) < 4.78 is 0. The molecule has 7 heavy (non-hydrogen) atoms. The van der Waals surface area contributed by atoms with Crippen molar-refractivity contribution in [3.63, 3.8) is 0 Å². The molecule has 0 saturated heterocycles. The molecule has 1 unspecified atom stereocenters. The van der Waals surface area contributed by atoms with E-state index in [0.717, 1.165) is 0 Å². The first-order chi connectivity index (χ1) is 3.13. The molecule has 0 N–H and O–H groups in total. The Bertz CT molecular complexity index is 73.3. The largest absolute Gasteiger partial charge is 0.299 e. The molecule has 5 heteroatoms. The number of nitrogens with zero attached hydrogens (tertiary/aromatic N) is 1. The number of halogens is 1. The molecule has 0 fully saturated rings. The van der Waals surface area contributed by atoms with Crippen LogP contribution in [0.25, 0.3) is 0 Å². The molecule has 0 aromatic rings. The Morgan fingerprint density at radius 2 is 2.43 bits per heavy atom. The van der Waals surface area contributed by atoms with Crippen molar-refractivity contribution in [3.05, 3.63) is 10.1 Å². The molecule has 0 heterocycles. The van der Waals surface area contributed by atoms with Gasteiger partial charge in [-0.2, -0.15) is 0 Å². The molecule has 0 saturated carbocycles. The highest BCUT2D eigenvalue weighted by Crippen LogP contribution is 1.97. The van der Waals surface area contributed by atoms with Gasteiger partial charge in [0, 0.05) is 0 Å². The van der Waals surface area contributed by atoms with E-state index in [-0.39, 0.29) is 0 Å². The lowest BCUT2D eigenvalue weighted by atomic mass is 10.9. The Hall–Kier alpha value is -0.320. The molecule has 0 radical (unpaired) electrons. The second kappa shape index (κ2) is 2.79. The summed E-state index contributed by atoms with van der Waals surface area (Å²) >= 11 is 2.81. The average molecular weight is 170 g/mol. The molecule has 0 aliphatic rings. The normalized spacial score (nSPS) is 12.9. The van der Waals surface area contributed by atoms with Gasteiger partial charge in [-0.05, 0) is 6.92 Å². The van der Waals surface area contributed by atoms with Crippen molar-refractivity contribution in [1.29, 1.82) is 0 Å². The van der Waals surface area contributed by atoms with Crippen molar-refractivity contribution in [2.24, 2.45) is 0 Å². The number of alkyl halides is 1. The standard InChI is InChI=1S/C2H4BrNO3/c1-2(3)7-4(5)6/h2H,1H3. The van der Waals surface area contributed by atoms with E-state index in [1.54, 1.807) is 0 Å². The number of hydrogen-bond donors (Lipinski definition) is 0. The van der Waals surface area contributed by atoms with Crippen LogP contribution in [-0.2, 0) is 4.84 Å². The molecular weight excluding hydrogens is 166 g/mol. The van der Waals surface area contributed by atoms with E-state index in [1.165, 1.54) is 6.92 Å². The van der Waals surface area contributed by atoms with Crippen LogP contribution in [0.15, 0.2) is 0 Å². The Kier molecular flexibility index (Phi) is 2.66. The van der Waals surface area contributed by atoms with Crippen LogP contribution in [0.3, 0.4) is 0 Å². The lowest BCUT2D eigenvalue weighted by Gasteiger charge is -1.95. The molecule has 0 aromatic heterocycles. The Labute approximate surface area is 48.7 Å². The lowest BCUT2D eigenvalue weighted by molar-refractivity contribution is -0.760. The van der Waals surface area contributed by atoms with Crippen LogP contribution in [0, 0.1) is 10.1 Å². The molecule has 0 aromatic carbocycles. The van der Waals surface area contributed by atoms with Gasteiger partial charge in [-0.15, -0.1) is 10.1 Å². The molecule has 0 bridgehead atoms. The summed E-state index contributed by atoms with van der Waals surface area (Å²) in [6.45, 7) is 1.52. The third kappa shape index (κ3) is 5.68. The van der Waals surface area contributed by atoms with E-state index < -0.39 is 10.1 Å². The third-order valence-corrected chi connectivity index (χ3v) is 0.398. The zero-order valence-corrected chi connectivity index (χ0v) is 5.21. The highest BCUT2D eigenvalue weighted by molar-refractivity contribution is 9.09. The fourth-order valence-corrected chi connectivity index (χ4v) is 0.255. The van der Waals surface area contributed by atoms with Crippen LogP contribution < -0.4 is 0 Å². The second-order valence-electron chi connectivity index (χ2n) is 0.872. The number of hydrogen-bond acceptors (Lipinski definition) is 3. The maximum Gasteiger partial charge on any atom is 0.295 e. The van der Waals surface area contributed by atoms with Crippen LogP contribution in [0.5, 0.6) is 0 Å². The first-order valence-corrected chi connectivity index (χ1v) is 2.49. The van der Waals surface area contributed by atoms with Gasteiger partial charge in [0.2, 0.25) is 0 Å².